The quantitative estimate of drug-likeness (QED) is 0.241. The largest absolute Gasteiger partial charge is 0.472 e. The molecule has 3 aromatic heterocycles. The SMILES string of the molecule is CC[C@@H]1CN(Cc2cc([C@H](CC(=O)Nc3cccnn3)c3ccc4c(nnn4CC)c3C)ccc2C)S(=O)(=O)c2cccnc2O1. The number of fused-ring (bicyclic) bond motifs is 2. The Morgan fingerprint density at radius 1 is 1.07 bits per heavy atom. The fourth-order valence-corrected chi connectivity index (χ4v) is 7.42. The van der Waals surface area contributed by atoms with Crippen LogP contribution in [0.5, 0.6) is 5.88 Å². The Hall–Kier alpha value is -4.75. The van der Waals surface area contributed by atoms with Crippen LogP contribution < -0.4 is 10.1 Å². The van der Waals surface area contributed by atoms with E-state index in [2.05, 4.69) is 30.8 Å². The minimum atomic E-state index is -3.90. The number of sulfonamides is 1. The Balaban J connectivity index is 1.40. The molecule has 0 radical (unpaired) electrons. The second-order valence-corrected chi connectivity index (χ2v) is 13.3. The van der Waals surface area contributed by atoms with Crippen molar-refractivity contribution in [3.8, 4) is 5.88 Å². The summed E-state index contributed by atoms with van der Waals surface area (Å²) >= 11 is 0. The molecule has 4 heterocycles. The molecule has 13 heteroatoms. The molecule has 1 aliphatic rings. The van der Waals surface area contributed by atoms with Gasteiger partial charge < -0.3 is 10.1 Å². The number of rotatable bonds is 9. The zero-order valence-electron chi connectivity index (χ0n) is 26.2. The van der Waals surface area contributed by atoms with Crippen LogP contribution in [0.15, 0.2) is 71.9 Å². The normalized spacial score (nSPS) is 16.7. The number of pyridine rings is 1. The van der Waals surface area contributed by atoms with Gasteiger partial charge in [0.15, 0.2) is 5.82 Å². The number of ether oxygens (including phenoxy) is 1. The number of nitrogens with zero attached hydrogens (tertiary/aromatic N) is 7. The molecular weight excluding hydrogens is 604 g/mol. The van der Waals surface area contributed by atoms with Gasteiger partial charge in [-0.15, -0.1) is 10.2 Å². The second kappa shape index (κ2) is 12.9. The Morgan fingerprint density at radius 2 is 1.89 bits per heavy atom. The number of amides is 1. The maximum atomic E-state index is 13.9. The molecule has 2 aromatic carbocycles. The molecule has 0 bridgehead atoms. The lowest BCUT2D eigenvalue weighted by Crippen LogP contribution is -2.36. The summed E-state index contributed by atoms with van der Waals surface area (Å²) in [4.78, 5) is 17.7. The molecule has 12 nitrogen and oxygen atoms in total. The maximum Gasteiger partial charge on any atom is 0.248 e. The number of carbonyl (C=O) groups is 1. The van der Waals surface area contributed by atoms with Crippen LogP contribution in [0.1, 0.15) is 60.4 Å². The predicted molar refractivity (Wildman–Crippen MR) is 173 cm³/mol. The van der Waals surface area contributed by atoms with Gasteiger partial charge in [-0.2, -0.15) is 9.40 Å². The molecule has 238 valence electrons. The van der Waals surface area contributed by atoms with E-state index in [0.717, 1.165) is 38.9 Å². The van der Waals surface area contributed by atoms with Gasteiger partial charge in [-0.25, -0.2) is 18.1 Å². The first-order valence-corrected chi connectivity index (χ1v) is 16.7. The van der Waals surface area contributed by atoms with Gasteiger partial charge in [0.2, 0.25) is 21.8 Å². The molecule has 1 aliphatic heterocycles. The highest BCUT2D eigenvalue weighted by Gasteiger charge is 2.35. The number of anilines is 1. The van der Waals surface area contributed by atoms with Gasteiger partial charge in [0, 0.05) is 37.8 Å². The molecule has 2 atom stereocenters. The van der Waals surface area contributed by atoms with Crippen molar-refractivity contribution in [3.63, 3.8) is 0 Å². The number of nitrogens with one attached hydrogen (secondary N) is 1. The lowest BCUT2D eigenvalue weighted by molar-refractivity contribution is -0.116. The van der Waals surface area contributed by atoms with Crippen LogP contribution in [-0.4, -0.2) is 61.5 Å². The average molecular weight is 641 g/mol. The Labute approximate surface area is 267 Å². The third-order valence-electron chi connectivity index (χ3n) is 8.50. The molecule has 6 rings (SSSR count). The van der Waals surface area contributed by atoms with Crippen molar-refractivity contribution in [3.05, 3.63) is 94.8 Å². The number of hydrogen-bond donors (Lipinski definition) is 1. The molecule has 0 aliphatic carbocycles. The highest BCUT2D eigenvalue weighted by molar-refractivity contribution is 7.89. The summed E-state index contributed by atoms with van der Waals surface area (Å²) in [6.07, 6.45) is 3.46. The molecule has 0 fully saturated rings. The van der Waals surface area contributed by atoms with Gasteiger partial charge >= 0.3 is 0 Å². The van der Waals surface area contributed by atoms with Crippen molar-refractivity contribution < 1.29 is 17.9 Å². The van der Waals surface area contributed by atoms with Crippen LogP contribution in [-0.2, 0) is 27.9 Å². The van der Waals surface area contributed by atoms with Gasteiger partial charge in [-0.3, -0.25) is 4.79 Å². The van der Waals surface area contributed by atoms with Gasteiger partial charge in [0.1, 0.15) is 16.5 Å². The smallest absolute Gasteiger partial charge is 0.248 e. The van der Waals surface area contributed by atoms with Gasteiger partial charge in [-0.05, 0) is 85.3 Å². The van der Waals surface area contributed by atoms with Crippen LogP contribution in [0, 0.1) is 13.8 Å². The Bertz CT molecular complexity index is 2000. The van der Waals surface area contributed by atoms with E-state index in [-0.39, 0.29) is 48.2 Å². The van der Waals surface area contributed by atoms with E-state index in [1.165, 1.54) is 16.6 Å². The van der Waals surface area contributed by atoms with Crippen molar-refractivity contribution in [1.82, 2.24) is 34.5 Å². The van der Waals surface area contributed by atoms with E-state index in [9.17, 15) is 13.2 Å². The molecule has 0 unspecified atom stereocenters. The van der Waals surface area contributed by atoms with Crippen molar-refractivity contribution in [2.45, 2.75) is 70.5 Å². The average Bonchev–Trinajstić information content (AvgIpc) is 3.45. The summed E-state index contributed by atoms with van der Waals surface area (Å²) < 4.78 is 37.1. The third kappa shape index (κ3) is 6.07. The van der Waals surface area contributed by atoms with E-state index >= 15 is 0 Å². The fraction of sp³-hybridized carbons (Fsp3) is 0.333. The minimum Gasteiger partial charge on any atom is -0.472 e. The van der Waals surface area contributed by atoms with Crippen LogP contribution in [0.4, 0.5) is 5.82 Å². The van der Waals surface area contributed by atoms with Crippen LogP contribution in [0.3, 0.4) is 0 Å². The molecule has 0 saturated carbocycles. The van der Waals surface area contributed by atoms with Gasteiger partial charge in [-0.1, -0.05) is 36.4 Å². The highest BCUT2D eigenvalue weighted by atomic mass is 32.2. The van der Waals surface area contributed by atoms with Crippen LogP contribution in [0.2, 0.25) is 0 Å². The number of aryl methyl sites for hydroxylation is 3. The topological polar surface area (TPSA) is 145 Å². The summed E-state index contributed by atoms with van der Waals surface area (Å²) in [7, 11) is -3.90. The van der Waals surface area contributed by atoms with Crippen molar-refractivity contribution >= 4 is 32.8 Å². The summed E-state index contributed by atoms with van der Waals surface area (Å²) in [5.41, 5.74) is 6.20. The van der Waals surface area contributed by atoms with Crippen LogP contribution >= 0.6 is 0 Å². The molecule has 46 heavy (non-hydrogen) atoms. The number of aromatic nitrogens is 6. The molecule has 5 aromatic rings. The standard InChI is InChI=1S/C33H36N8O4S/c1-5-25-20-40(46(43,44)29-9-7-15-34-33(29)45-25)19-24-17-23(12-11-21(24)3)27(18-31(42)36-30-10-8-16-35-37-30)26-13-14-28-32(22(26)4)38-39-41(28)6-2/h7-17,25,27H,5-6,18-20H2,1-4H3,(H,36,37,42)/t25-,27+/m1/s1. The van der Waals surface area contributed by atoms with Crippen LogP contribution in [0.25, 0.3) is 11.0 Å². The maximum absolute atomic E-state index is 13.9. The molecule has 0 spiro atoms. The second-order valence-electron chi connectivity index (χ2n) is 11.4. The summed E-state index contributed by atoms with van der Waals surface area (Å²) in [5.74, 6) is -0.110. The number of hydrogen-bond acceptors (Lipinski definition) is 9. The summed E-state index contributed by atoms with van der Waals surface area (Å²) in [5, 5.41) is 19.5. The van der Waals surface area contributed by atoms with E-state index in [1.54, 1.807) is 24.4 Å². The molecular formula is C33H36N8O4S. The zero-order chi connectivity index (χ0) is 32.4. The highest BCUT2D eigenvalue weighted by Crippen LogP contribution is 2.36. The molecule has 0 saturated heterocycles. The molecule has 1 amide bonds. The van der Waals surface area contributed by atoms with Crippen molar-refractivity contribution in [2.75, 3.05) is 11.9 Å². The predicted octanol–water partition coefficient (Wildman–Crippen LogP) is 4.78. The fourth-order valence-electron chi connectivity index (χ4n) is 5.90. The van der Waals surface area contributed by atoms with Crippen molar-refractivity contribution in [2.24, 2.45) is 0 Å². The van der Waals surface area contributed by atoms with E-state index < -0.39 is 10.0 Å². The minimum absolute atomic E-state index is 0.0577. The lowest BCUT2D eigenvalue weighted by Gasteiger charge is -2.25. The Morgan fingerprint density at radius 3 is 2.65 bits per heavy atom. The Kier molecular flexibility index (Phi) is 8.78. The summed E-state index contributed by atoms with van der Waals surface area (Å²) in [6, 6.07) is 16.5. The number of benzene rings is 2. The first kappa shape index (κ1) is 31.2. The van der Waals surface area contributed by atoms with Gasteiger partial charge in [0.25, 0.3) is 0 Å². The van der Waals surface area contributed by atoms with E-state index in [0.29, 0.717) is 18.8 Å². The van der Waals surface area contributed by atoms with Gasteiger partial charge in [0.05, 0.1) is 12.1 Å². The molecule has 1 N–H and O–H groups in total. The van der Waals surface area contributed by atoms with E-state index in [4.69, 9.17) is 4.74 Å². The lowest BCUT2D eigenvalue weighted by atomic mass is 9.84. The first-order valence-electron chi connectivity index (χ1n) is 15.3. The monoisotopic (exact) mass is 640 g/mol. The van der Waals surface area contributed by atoms with Crippen molar-refractivity contribution in [1.29, 1.82) is 0 Å². The van der Waals surface area contributed by atoms with E-state index in [1.807, 2.05) is 62.7 Å². The zero-order valence-corrected chi connectivity index (χ0v) is 27.0. The summed E-state index contributed by atoms with van der Waals surface area (Å²) in [6.45, 7) is 8.94. The first-order chi connectivity index (χ1) is 22.2. The number of carbonyl (C=O) groups excluding carboxylic acids is 1. The third-order valence-corrected chi connectivity index (χ3v) is 10.3.